The van der Waals surface area contributed by atoms with Crippen molar-refractivity contribution in [2.45, 2.75) is 37.0 Å². The first-order valence-corrected chi connectivity index (χ1v) is 12.5. The minimum atomic E-state index is -0.441. The molecule has 184 valence electrons. The number of rotatable bonds is 10. The summed E-state index contributed by atoms with van der Waals surface area (Å²) in [6.07, 6.45) is 4.46. The number of amides is 3. The number of ether oxygens (including phenoxy) is 1. The second kappa shape index (κ2) is 11.5. The Morgan fingerprint density at radius 2 is 1.83 bits per heavy atom. The number of benzene rings is 2. The first kappa shape index (κ1) is 24.9. The fourth-order valence-corrected chi connectivity index (χ4v) is 5.20. The molecule has 0 unspecified atom stereocenters. The third-order valence-electron chi connectivity index (χ3n) is 6.02. The SMILES string of the molecule is COCCCN1C(=O)C(Nc2ccc(F)cc2)=C(Sc2cccc(NC(=O)C3CCCC3)c2)C1=O. The van der Waals surface area contributed by atoms with Gasteiger partial charge in [-0.3, -0.25) is 19.3 Å². The van der Waals surface area contributed by atoms with Crippen molar-refractivity contribution in [1.29, 1.82) is 0 Å². The molecule has 2 N–H and O–H groups in total. The summed E-state index contributed by atoms with van der Waals surface area (Å²) in [5, 5.41) is 5.97. The fraction of sp³-hybridized carbons (Fsp3) is 0.346. The van der Waals surface area contributed by atoms with Crippen molar-refractivity contribution in [2.24, 2.45) is 5.92 Å². The maximum atomic E-state index is 13.4. The zero-order chi connectivity index (χ0) is 24.8. The molecule has 0 aromatic heterocycles. The van der Waals surface area contributed by atoms with Gasteiger partial charge in [-0.15, -0.1) is 0 Å². The van der Waals surface area contributed by atoms with Gasteiger partial charge >= 0.3 is 0 Å². The minimum Gasteiger partial charge on any atom is -0.385 e. The summed E-state index contributed by atoms with van der Waals surface area (Å²) in [7, 11) is 1.56. The number of methoxy groups -OCH3 is 1. The third kappa shape index (κ3) is 6.10. The topological polar surface area (TPSA) is 87.7 Å². The molecule has 1 saturated carbocycles. The van der Waals surface area contributed by atoms with E-state index < -0.39 is 17.6 Å². The van der Waals surface area contributed by atoms with Crippen LogP contribution in [0.1, 0.15) is 32.1 Å². The van der Waals surface area contributed by atoms with E-state index in [2.05, 4.69) is 10.6 Å². The summed E-state index contributed by atoms with van der Waals surface area (Å²) in [4.78, 5) is 41.0. The van der Waals surface area contributed by atoms with Gasteiger partial charge in [0.25, 0.3) is 11.8 Å². The molecule has 1 aliphatic heterocycles. The Labute approximate surface area is 208 Å². The molecule has 0 spiro atoms. The zero-order valence-corrected chi connectivity index (χ0v) is 20.3. The van der Waals surface area contributed by atoms with E-state index in [0.717, 1.165) is 37.4 Å². The minimum absolute atomic E-state index is 0.0129. The number of imide groups is 1. The van der Waals surface area contributed by atoms with Crippen LogP contribution in [-0.4, -0.2) is 42.9 Å². The maximum Gasteiger partial charge on any atom is 0.278 e. The molecule has 0 atom stereocenters. The van der Waals surface area contributed by atoms with Crippen LogP contribution in [0.5, 0.6) is 0 Å². The van der Waals surface area contributed by atoms with Crippen LogP contribution in [-0.2, 0) is 19.1 Å². The van der Waals surface area contributed by atoms with Gasteiger partial charge in [-0.05, 0) is 61.7 Å². The quantitative estimate of drug-likeness (QED) is 0.363. The summed E-state index contributed by atoms with van der Waals surface area (Å²) in [5.41, 5.74) is 1.29. The Kier molecular flexibility index (Phi) is 8.20. The highest BCUT2D eigenvalue weighted by molar-refractivity contribution is 8.04. The molecule has 1 fully saturated rings. The Morgan fingerprint density at radius 3 is 2.54 bits per heavy atom. The van der Waals surface area contributed by atoms with E-state index >= 15 is 0 Å². The number of hydrogen-bond acceptors (Lipinski definition) is 6. The van der Waals surface area contributed by atoms with Crippen molar-refractivity contribution in [3.8, 4) is 0 Å². The molecule has 0 saturated heterocycles. The van der Waals surface area contributed by atoms with Crippen LogP contribution in [0, 0.1) is 11.7 Å². The Morgan fingerprint density at radius 1 is 1.09 bits per heavy atom. The number of halogens is 1. The van der Waals surface area contributed by atoms with Gasteiger partial charge in [0, 0.05) is 42.4 Å². The molecule has 7 nitrogen and oxygen atoms in total. The number of carbonyl (C=O) groups excluding carboxylic acids is 3. The third-order valence-corrected chi connectivity index (χ3v) is 7.09. The molecule has 9 heteroatoms. The highest BCUT2D eigenvalue weighted by Gasteiger charge is 2.39. The average Bonchev–Trinajstić information content (AvgIpc) is 3.46. The van der Waals surface area contributed by atoms with Crippen molar-refractivity contribution >= 4 is 40.9 Å². The molecule has 2 aromatic rings. The van der Waals surface area contributed by atoms with E-state index in [1.807, 2.05) is 12.1 Å². The summed E-state index contributed by atoms with van der Waals surface area (Å²) in [6.45, 7) is 0.643. The van der Waals surface area contributed by atoms with Gasteiger partial charge in [0.15, 0.2) is 0 Å². The van der Waals surface area contributed by atoms with Crippen LogP contribution in [0.4, 0.5) is 15.8 Å². The van der Waals surface area contributed by atoms with Gasteiger partial charge in [-0.2, -0.15) is 0 Å². The van der Waals surface area contributed by atoms with E-state index in [1.165, 1.54) is 29.2 Å². The molecule has 2 aromatic carbocycles. The number of nitrogens with one attached hydrogen (secondary N) is 2. The second-order valence-corrected chi connectivity index (χ2v) is 9.63. The van der Waals surface area contributed by atoms with E-state index in [1.54, 1.807) is 19.2 Å². The Balaban J connectivity index is 1.56. The lowest BCUT2D eigenvalue weighted by Gasteiger charge is -2.14. The van der Waals surface area contributed by atoms with Crippen molar-refractivity contribution in [1.82, 2.24) is 4.90 Å². The fourth-order valence-electron chi connectivity index (χ4n) is 4.19. The number of hydrogen-bond donors (Lipinski definition) is 2. The lowest BCUT2D eigenvalue weighted by atomic mass is 10.1. The number of thioether (sulfide) groups is 1. The Bertz CT molecular complexity index is 1130. The van der Waals surface area contributed by atoms with Crippen LogP contribution >= 0.6 is 11.8 Å². The average molecular weight is 498 g/mol. The zero-order valence-electron chi connectivity index (χ0n) is 19.5. The molecule has 0 radical (unpaired) electrons. The molecule has 0 bridgehead atoms. The van der Waals surface area contributed by atoms with Crippen LogP contribution in [0.25, 0.3) is 0 Å². The molecule has 3 amide bonds. The van der Waals surface area contributed by atoms with Crippen molar-refractivity contribution in [3.63, 3.8) is 0 Å². The van der Waals surface area contributed by atoms with E-state index in [0.29, 0.717) is 29.3 Å². The normalized spacial score (nSPS) is 16.3. The van der Waals surface area contributed by atoms with E-state index in [4.69, 9.17) is 4.74 Å². The molecule has 1 aliphatic carbocycles. The molecule has 1 heterocycles. The largest absolute Gasteiger partial charge is 0.385 e. The highest BCUT2D eigenvalue weighted by atomic mass is 32.2. The van der Waals surface area contributed by atoms with Crippen molar-refractivity contribution in [3.05, 3.63) is 65.0 Å². The second-order valence-electron chi connectivity index (χ2n) is 8.54. The Hall–Kier alpha value is -3.17. The van der Waals surface area contributed by atoms with Crippen molar-refractivity contribution < 1.29 is 23.5 Å². The van der Waals surface area contributed by atoms with Crippen molar-refractivity contribution in [2.75, 3.05) is 30.9 Å². The van der Waals surface area contributed by atoms with E-state index in [-0.39, 0.29) is 29.0 Å². The summed E-state index contributed by atoms with van der Waals surface area (Å²) in [6, 6.07) is 12.8. The van der Waals surface area contributed by atoms with Gasteiger partial charge in [0.1, 0.15) is 16.4 Å². The summed E-state index contributed by atoms with van der Waals surface area (Å²) >= 11 is 1.16. The molecular weight excluding hydrogens is 469 g/mol. The lowest BCUT2D eigenvalue weighted by molar-refractivity contribution is -0.137. The van der Waals surface area contributed by atoms with Crippen LogP contribution in [0.3, 0.4) is 0 Å². The van der Waals surface area contributed by atoms with Gasteiger partial charge in [0.05, 0.1) is 0 Å². The van der Waals surface area contributed by atoms with Crippen LogP contribution in [0.15, 0.2) is 64.0 Å². The molecular formula is C26H28FN3O4S. The predicted molar refractivity (Wildman–Crippen MR) is 133 cm³/mol. The van der Waals surface area contributed by atoms with Gasteiger partial charge in [0.2, 0.25) is 5.91 Å². The summed E-state index contributed by atoms with van der Waals surface area (Å²) < 4.78 is 18.4. The molecule has 2 aliphatic rings. The number of carbonyl (C=O) groups is 3. The van der Waals surface area contributed by atoms with Gasteiger partial charge in [-0.1, -0.05) is 30.7 Å². The van der Waals surface area contributed by atoms with Gasteiger partial charge in [-0.25, -0.2) is 4.39 Å². The van der Waals surface area contributed by atoms with Crippen LogP contribution < -0.4 is 10.6 Å². The summed E-state index contributed by atoms with van der Waals surface area (Å²) in [5.74, 6) is -1.19. The first-order chi connectivity index (χ1) is 17.0. The number of nitrogens with zero attached hydrogens (tertiary/aromatic N) is 1. The monoisotopic (exact) mass is 497 g/mol. The van der Waals surface area contributed by atoms with Gasteiger partial charge < -0.3 is 15.4 Å². The highest BCUT2D eigenvalue weighted by Crippen LogP contribution is 2.37. The predicted octanol–water partition coefficient (Wildman–Crippen LogP) is 4.78. The molecule has 4 rings (SSSR count). The number of anilines is 2. The molecule has 35 heavy (non-hydrogen) atoms. The maximum absolute atomic E-state index is 13.4. The lowest BCUT2D eigenvalue weighted by Crippen LogP contribution is -2.33. The standard InChI is InChI=1S/C26H28FN3O4S/c1-34-15-5-14-30-25(32)22(28-19-12-10-18(27)11-13-19)23(26(30)33)35-21-9-4-8-20(16-21)29-24(31)17-6-2-3-7-17/h4,8-13,16-17,28H,2-3,5-7,14-15H2,1H3,(H,29,31). The van der Waals surface area contributed by atoms with E-state index in [9.17, 15) is 18.8 Å². The smallest absolute Gasteiger partial charge is 0.278 e. The van der Waals surface area contributed by atoms with Crippen LogP contribution in [0.2, 0.25) is 0 Å². The first-order valence-electron chi connectivity index (χ1n) is 11.7.